The summed E-state index contributed by atoms with van der Waals surface area (Å²) >= 11 is 1.16. The summed E-state index contributed by atoms with van der Waals surface area (Å²) in [5, 5.41) is 9.75. The molecule has 0 spiro atoms. The predicted molar refractivity (Wildman–Crippen MR) is 67.5 cm³/mol. The number of rotatable bonds is 9. The van der Waals surface area contributed by atoms with Crippen molar-refractivity contribution in [1.29, 1.82) is 0 Å². The van der Waals surface area contributed by atoms with Gasteiger partial charge in [-0.1, -0.05) is 51.9 Å². The van der Waals surface area contributed by atoms with Crippen LogP contribution in [0.5, 0.6) is 0 Å². The van der Waals surface area contributed by atoms with Gasteiger partial charge in [0, 0.05) is 0 Å². The molecule has 0 amide bonds. The van der Waals surface area contributed by atoms with Crippen LogP contribution in [-0.2, 0) is 0 Å². The first-order chi connectivity index (χ1) is 7.84. The second-order valence-corrected chi connectivity index (χ2v) is 4.81. The second kappa shape index (κ2) is 8.65. The van der Waals surface area contributed by atoms with Gasteiger partial charge in [0.05, 0.1) is 24.0 Å². The van der Waals surface area contributed by atoms with Crippen molar-refractivity contribution >= 4 is 11.7 Å². The van der Waals surface area contributed by atoms with Gasteiger partial charge in [0.2, 0.25) is 0 Å². The van der Waals surface area contributed by atoms with E-state index in [0.29, 0.717) is 0 Å². The fourth-order valence-electron chi connectivity index (χ4n) is 1.76. The minimum Gasteiger partial charge on any atom is -0.387 e. The first-order valence-corrected chi connectivity index (χ1v) is 7.03. The van der Waals surface area contributed by atoms with E-state index in [9.17, 15) is 5.11 Å². The lowest BCUT2D eigenvalue weighted by atomic mass is 10.1. The molecule has 0 aromatic carbocycles. The molecule has 0 saturated heterocycles. The minimum absolute atomic E-state index is 0.408. The van der Waals surface area contributed by atoms with Crippen LogP contribution >= 0.6 is 11.7 Å². The number of hydrogen-bond acceptors (Lipinski definition) is 4. The van der Waals surface area contributed by atoms with Crippen LogP contribution in [0.25, 0.3) is 0 Å². The molecule has 0 saturated carbocycles. The number of aliphatic hydroxyl groups excluding tert-OH is 1. The van der Waals surface area contributed by atoms with E-state index in [4.69, 9.17) is 0 Å². The quantitative estimate of drug-likeness (QED) is 0.671. The molecule has 16 heavy (non-hydrogen) atoms. The van der Waals surface area contributed by atoms with Crippen LogP contribution in [0.2, 0.25) is 0 Å². The SMILES string of the molecule is CCCCCCCCCC(O)c1cnsn1. The molecule has 1 N–H and O–H groups in total. The maximum atomic E-state index is 9.75. The highest BCUT2D eigenvalue weighted by molar-refractivity contribution is 6.99. The van der Waals surface area contributed by atoms with Crippen LogP contribution in [-0.4, -0.2) is 13.9 Å². The Labute approximate surface area is 102 Å². The van der Waals surface area contributed by atoms with E-state index in [-0.39, 0.29) is 0 Å². The van der Waals surface area contributed by atoms with Gasteiger partial charge in [0.15, 0.2) is 0 Å². The third kappa shape index (κ3) is 5.56. The summed E-state index contributed by atoms with van der Waals surface area (Å²) in [5.74, 6) is 0. The van der Waals surface area contributed by atoms with Crippen LogP contribution in [0.1, 0.15) is 70.1 Å². The van der Waals surface area contributed by atoms with E-state index in [2.05, 4.69) is 15.7 Å². The zero-order chi connectivity index (χ0) is 11.6. The van der Waals surface area contributed by atoms with Crippen LogP contribution in [0.4, 0.5) is 0 Å². The smallest absolute Gasteiger partial charge is 0.103 e. The maximum absolute atomic E-state index is 9.75. The highest BCUT2D eigenvalue weighted by Gasteiger charge is 2.09. The number of aromatic nitrogens is 2. The summed E-state index contributed by atoms with van der Waals surface area (Å²) < 4.78 is 7.93. The highest BCUT2D eigenvalue weighted by Crippen LogP contribution is 2.18. The van der Waals surface area contributed by atoms with E-state index < -0.39 is 6.10 Å². The number of hydrogen-bond donors (Lipinski definition) is 1. The molecule has 3 nitrogen and oxygen atoms in total. The molecule has 1 heterocycles. The lowest BCUT2D eigenvalue weighted by molar-refractivity contribution is 0.159. The molecule has 0 radical (unpaired) electrons. The fraction of sp³-hybridized carbons (Fsp3) is 0.833. The lowest BCUT2D eigenvalue weighted by Crippen LogP contribution is -1.97. The average molecular weight is 242 g/mol. The van der Waals surface area contributed by atoms with Crippen LogP contribution in [0, 0.1) is 0 Å². The normalized spacial score (nSPS) is 12.9. The fourth-order valence-corrected chi connectivity index (χ4v) is 2.23. The third-order valence-corrected chi connectivity index (χ3v) is 3.29. The van der Waals surface area contributed by atoms with E-state index in [1.165, 1.54) is 38.5 Å². The molecule has 1 aromatic heterocycles. The van der Waals surface area contributed by atoms with Gasteiger partial charge in [-0.25, -0.2) is 0 Å². The summed E-state index contributed by atoms with van der Waals surface area (Å²) in [7, 11) is 0. The molecular weight excluding hydrogens is 220 g/mol. The molecule has 0 bridgehead atoms. The molecule has 1 unspecified atom stereocenters. The molecule has 1 aromatic rings. The predicted octanol–water partition coefficient (Wildman–Crippen LogP) is 3.71. The van der Waals surface area contributed by atoms with Crippen molar-refractivity contribution in [3.8, 4) is 0 Å². The zero-order valence-corrected chi connectivity index (χ0v) is 10.9. The number of unbranched alkanes of at least 4 members (excludes halogenated alkanes) is 6. The summed E-state index contributed by atoms with van der Waals surface area (Å²) in [6.07, 6.45) is 11.0. The van der Waals surface area contributed by atoms with Gasteiger partial charge in [-0.15, -0.1) is 0 Å². The summed E-state index contributed by atoms with van der Waals surface area (Å²) in [6.45, 7) is 2.23. The van der Waals surface area contributed by atoms with Gasteiger partial charge in [-0.05, 0) is 6.42 Å². The Morgan fingerprint density at radius 3 is 2.50 bits per heavy atom. The average Bonchev–Trinajstić information content (AvgIpc) is 2.81. The largest absolute Gasteiger partial charge is 0.387 e. The van der Waals surface area contributed by atoms with E-state index in [0.717, 1.165) is 30.3 Å². The molecule has 0 fully saturated rings. The van der Waals surface area contributed by atoms with Gasteiger partial charge in [-0.2, -0.15) is 8.75 Å². The molecule has 92 valence electrons. The Balaban J connectivity index is 1.95. The number of nitrogens with zero attached hydrogens (tertiary/aromatic N) is 2. The van der Waals surface area contributed by atoms with Crippen molar-refractivity contribution in [1.82, 2.24) is 8.75 Å². The first-order valence-electron chi connectivity index (χ1n) is 6.30. The molecule has 0 aliphatic carbocycles. The molecule has 4 heteroatoms. The topological polar surface area (TPSA) is 46.0 Å². The zero-order valence-electron chi connectivity index (χ0n) is 10.1. The molecule has 0 aliphatic heterocycles. The van der Waals surface area contributed by atoms with Crippen LogP contribution in [0.3, 0.4) is 0 Å². The maximum Gasteiger partial charge on any atom is 0.103 e. The second-order valence-electron chi connectivity index (χ2n) is 4.26. The van der Waals surface area contributed by atoms with Crippen molar-refractivity contribution in [3.63, 3.8) is 0 Å². The number of aliphatic hydroxyl groups is 1. The Kier molecular flexibility index (Phi) is 7.34. The Morgan fingerprint density at radius 2 is 1.88 bits per heavy atom. The van der Waals surface area contributed by atoms with Crippen molar-refractivity contribution in [2.45, 2.75) is 64.4 Å². The Morgan fingerprint density at radius 1 is 1.19 bits per heavy atom. The first kappa shape index (κ1) is 13.6. The van der Waals surface area contributed by atoms with E-state index in [1.807, 2.05) is 0 Å². The van der Waals surface area contributed by atoms with Crippen LogP contribution in [0.15, 0.2) is 6.20 Å². The summed E-state index contributed by atoms with van der Waals surface area (Å²) in [4.78, 5) is 0. The lowest BCUT2D eigenvalue weighted by Gasteiger charge is -2.06. The van der Waals surface area contributed by atoms with Crippen molar-refractivity contribution < 1.29 is 5.11 Å². The van der Waals surface area contributed by atoms with Gasteiger partial charge in [0.1, 0.15) is 5.69 Å². The summed E-state index contributed by atoms with van der Waals surface area (Å²) in [6, 6.07) is 0. The molecule has 0 aliphatic rings. The van der Waals surface area contributed by atoms with Crippen LogP contribution < -0.4 is 0 Å². The van der Waals surface area contributed by atoms with Gasteiger partial charge < -0.3 is 5.11 Å². The molecule has 1 rings (SSSR count). The molecular formula is C12H22N2OS. The standard InChI is InChI=1S/C12H22N2OS/c1-2-3-4-5-6-7-8-9-12(15)11-10-13-16-14-11/h10,12,15H,2-9H2,1H3. The highest BCUT2D eigenvalue weighted by atomic mass is 32.1. The summed E-state index contributed by atoms with van der Waals surface area (Å²) in [5.41, 5.74) is 0.732. The van der Waals surface area contributed by atoms with Gasteiger partial charge >= 0.3 is 0 Å². The van der Waals surface area contributed by atoms with Gasteiger partial charge in [0.25, 0.3) is 0 Å². The monoisotopic (exact) mass is 242 g/mol. The van der Waals surface area contributed by atoms with Crippen molar-refractivity contribution in [2.24, 2.45) is 0 Å². The Bertz CT molecular complexity index is 252. The van der Waals surface area contributed by atoms with Crippen molar-refractivity contribution in [3.05, 3.63) is 11.9 Å². The van der Waals surface area contributed by atoms with E-state index in [1.54, 1.807) is 6.20 Å². The van der Waals surface area contributed by atoms with Crippen molar-refractivity contribution in [2.75, 3.05) is 0 Å². The van der Waals surface area contributed by atoms with E-state index >= 15 is 0 Å². The third-order valence-electron chi connectivity index (χ3n) is 2.80. The molecule has 1 atom stereocenters. The minimum atomic E-state index is -0.408. The Hall–Kier alpha value is -0.480. The van der Waals surface area contributed by atoms with Gasteiger partial charge in [-0.3, -0.25) is 0 Å².